The maximum Gasteiger partial charge on any atom is 0.122 e. The molecule has 0 aromatic heterocycles. The lowest BCUT2D eigenvalue weighted by Gasteiger charge is -2.15. The van der Waals surface area contributed by atoms with Crippen LogP contribution in [0, 0.1) is 11.8 Å². The van der Waals surface area contributed by atoms with Gasteiger partial charge in [-0.05, 0) is 25.0 Å². The van der Waals surface area contributed by atoms with Gasteiger partial charge in [-0.3, -0.25) is 11.3 Å². The highest BCUT2D eigenvalue weighted by molar-refractivity contribution is 5.34. The van der Waals surface area contributed by atoms with E-state index in [1.807, 2.05) is 31.2 Å². The van der Waals surface area contributed by atoms with Crippen molar-refractivity contribution in [3.63, 3.8) is 0 Å². The predicted molar refractivity (Wildman–Crippen MR) is 65.9 cm³/mol. The lowest BCUT2D eigenvalue weighted by atomic mass is 10.0. The molecule has 1 unspecified atom stereocenters. The Morgan fingerprint density at radius 3 is 2.81 bits per heavy atom. The first-order chi connectivity index (χ1) is 7.81. The molecule has 0 bridgehead atoms. The standard InChI is InChI=1S/C13H18N2O/c1-3-4-8-12(15-14)10-11-7-5-6-9-13(11)16-2/h5-7,9,12,15H,8,10,14H2,1-2H3. The number of rotatable bonds is 5. The average molecular weight is 218 g/mol. The van der Waals surface area contributed by atoms with Crippen molar-refractivity contribution >= 4 is 0 Å². The predicted octanol–water partition coefficient (Wildman–Crippen LogP) is 1.48. The van der Waals surface area contributed by atoms with Gasteiger partial charge in [0, 0.05) is 12.5 Å². The summed E-state index contributed by atoms with van der Waals surface area (Å²) in [6, 6.07) is 8.11. The molecule has 16 heavy (non-hydrogen) atoms. The van der Waals surface area contributed by atoms with Crippen molar-refractivity contribution in [1.82, 2.24) is 5.43 Å². The first-order valence-corrected chi connectivity index (χ1v) is 5.29. The maximum absolute atomic E-state index is 5.49. The van der Waals surface area contributed by atoms with Crippen LogP contribution in [0.2, 0.25) is 0 Å². The van der Waals surface area contributed by atoms with Crippen LogP contribution in [0.1, 0.15) is 18.9 Å². The van der Waals surface area contributed by atoms with Crippen LogP contribution in [0.4, 0.5) is 0 Å². The summed E-state index contributed by atoms with van der Waals surface area (Å²) in [4.78, 5) is 0. The highest BCUT2D eigenvalue weighted by atomic mass is 16.5. The Hall–Kier alpha value is -1.50. The molecule has 0 spiro atoms. The van der Waals surface area contributed by atoms with Crippen LogP contribution >= 0.6 is 0 Å². The van der Waals surface area contributed by atoms with Crippen molar-refractivity contribution < 1.29 is 4.74 Å². The average Bonchev–Trinajstić information content (AvgIpc) is 2.34. The first kappa shape index (κ1) is 12.6. The van der Waals surface area contributed by atoms with E-state index in [9.17, 15) is 0 Å². The van der Waals surface area contributed by atoms with Gasteiger partial charge in [0.05, 0.1) is 7.11 Å². The summed E-state index contributed by atoms with van der Waals surface area (Å²) in [6.45, 7) is 1.83. The molecule has 1 aromatic carbocycles. The SMILES string of the molecule is CC#CCC(Cc1ccccc1OC)NN. The minimum atomic E-state index is 0.156. The fourth-order valence-electron chi connectivity index (χ4n) is 1.55. The molecule has 1 rings (SSSR count). The van der Waals surface area contributed by atoms with Gasteiger partial charge in [0.25, 0.3) is 0 Å². The summed E-state index contributed by atoms with van der Waals surface area (Å²) < 4.78 is 5.29. The Bertz CT molecular complexity index is 379. The number of methoxy groups -OCH3 is 1. The summed E-state index contributed by atoms with van der Waals surface area (Å²) in [5.41, 5.74) is 3.92. The molecule has 0 radical (unpaired) electrons. The van der Waals surface area contributed by atoms with E-state index in [2.05, 4.69) is 17.3 Å². The molecule has 0 saturated heterocycles. The molecule has 3 heteroatoms. The molecule has 0 heterocycles. The van der Waals surface area contributed by atoms with E-state index < -0.39 is 0 Å². The van der Waals surface area contributed by atoms with Crippen LogP contribution in [0.25, 0.3) is 0 Å². The lowest BCUT2D eigenvalue weighted by molar-refractivity contribution is 0.405. The fourth-order valence-corrected chi connectivity index (χ4v) is 1.55. The number of nitrogens with one attached hydrogen (secondary N) is 1. The highest BCUT2D eigenvalue weighted by Gasteiger charge is 2.09. The number of para-hydroxylation sites is 1. The van der Waals surface area contributed by atoms with Crippen LogP contribution < -0.4 is 16.0 Å². The topological polar surface area (TPSA) is 47.3 Å². The van der Waals surface area contributed by atoms with E-state index in [0.717, 1.165) is 24.2 Å². The monoisotopic (exact) mass is 218 g/mol. The smallest absolute Gasteiger partial charge is 0.122 e. The zero-order valence-electron chi connectivity index (χ0n) is 9.79. The molecule has 0 aliphatic rings. The van der Waals surface area contributed by atoms with E-state index in [1.54, 1.807) is 7.11 Å². The van der Waals surface area contributed by atoms with Crippen molar-refractivity contribution in [1.29, 1.82) is 0 Å². The minimum absolute atomic E-state index is 0.156. The van der Waals surface area contributed by atoms with Gasteiger partial charge < -0.3 is 4.74 Å². The third-order valence-electron chi connectivity index (χ3n) is 2.42. The summed E-state index contributed by atoms with van der Waals surface area (Å²) in [5, 5.41) is 0. The number of hydrazine groups is 1. The van der Waals surface area contributed by atoms with Gasteiger partial charge in [-0.15, -0.1) is 11.8 Å². The first-order valence-electron chi connectivity index (χ1n) is 5.29. The largest absolute Gasteiger partial charge is 0.496 e. The van der Waals surface area contributed by atoms with E-state index in [1.165, 1.54) is 0 Å². The molecular formula is C13H18N2O. The van der Waals surface area contributed by atoms with Crippen LogP contribution in [-0.4, -0.2) is 13.2 Å². The van der Waals surface area contributed by atoms with Gasteiger partial charge in [-0.25, -0.2) is 0 Å². The quantitative estimate of drug-likeness (QED) is 0.447. The molecule has 86 valence electrons. The maximum atomic E-state index is 5.49. The third kappa shape index (κ3) is 3.58. The molecule has 3 nitrogen and oxygen atoms in total. The van der Waals surface area contributed by atoms with E-state index in [4.69, 9.17) is 10.6 Å². The summed E-state index contributed by atoms with van der Waals surface area (Å²) in [7, 11) is 1.68. The molecule has 1 aromatic rings. The van der Waals surface area contributed by atoms with Gasteiger partial charge in [0.2, 0.25) is 0 Å². The minimum Gasteiger partial charge on any atom is -0.496 e. The van der Waals surface area contributed by atoms with E-state index in [0.29, 0.717) is 0 Å². The molecule has 3 N–H and O–H groups in total. The van der Waals surface area contributed by atoms with Crippen molar-refractivity contribution in [3.8, 4) is 17.6 Å². The van der Waals surface area contributed by atoms with Gasteiger partial charge in [-0.1, -0.05) is 18.2 Å². The van der Waals surface area contributed by atoms with Crippen LogP contribution in [-0.2, 0) is 6.42 Å². The van der Waals surface area contributed by atoms with Crippen molar-refractivity contribution in [2.24, 2.45) is 5.84 Å². The van der Waals surface area contributed by atoms with Gasteiger partial charge in [-0.2, -0.15) is 0 Å². The van der Waals surface area contributed by atoms with Crippen LogP contribution in [0.5, 0.6) is 5.75 Å². The van der Waals surface area contributed by atoms with Crippen molar-refractivity contribution in [2.45, 2.75) is 25.8 Å². The Labute approximate surface area is 97.0 Å². The molecular weight excluding hydrogens is 200 g/mol. The molecule has 0 saturated carbocycles. The van der Waals surface area contributed by atoms with Gasteiger partial charge in [0.15, 0.2) is 0 Å². The van der Waals surface area contributed by atoms with Crippen molar-refractivity contribution in [3.05, 3.63) is 29.8 Å². The van der Waals surface area contributed by atoms with Gasteiger partial charge >= 0.3 is 0 Å². The molecule has 0 fully saturated rings. The number of ether oxygens (including phenoxy) is 1. The second kappa shape index (κ2) is 6.89. The fraction of sp³-hybridized carbons (Fsp3) is 0.385. The lowest BCUT2D eigenvalue weighted by Crippen LogP contribution is -2.36. The van der Waals surface area contributed by atoms with Crippen LogP contribution in [0.15, 0.2) is 24.3 Å². The second-order valence-electron chi connectivity index (χ2n) is 3.51. The van der Waals surface area contributed by atoms with Gasteiger partial charge in [0.1, 0.15) is 5.75 Å². The molecule has 0 aliphatic heterocycles. The molecule has 0 amide bonds. The molecule has 0 aliphatic carbocycles. The summed E-state index contributed by atoms with van der Waals surface area (Å²) in [5.74, 6) is 12.3. The Balaban J connectivity index is 2.71. The number of nitrogens with two attached hydrogens (primary N) is 1. The second-order valence-corrected chi connectivity index (χ2v) is 3.51. The Morgan fingerprint density at radius 2 is 2.19 bits per heavy atom. The van der Waals surface area contributed by atoms with Crippen LogP contribution in [0.3, 0.4) is 0 Å². The Morgan fingerprint density at radius 1 is 1.44 bits per heavy atom. The summed E-state index contributed by atoms with van der Waals surface area (Å²) >= 11 is 0. The summed E-state index contributed by atoms with van der Waals surface area (Å²) in [6.07, 6.45) is 1.56. The van der Waals surface area contributed by atoms with E-state index in [-0.39, 0.29) is 6.04 Å². The third-order valence-corrected chi connectivity index (χ3v) is 2.42. The number of hydrogen-bond donors (Lipinski definition) is 2. The number of benzene rings is 1. The Kier molecular flexibility index (Phi) is 5.41. The zero-order chi connectivity index (χ0) is 11.8. The van der Waals surface area contributed by atoms with Crippen molar-refractivity contribution in [2.75, 3.05) is 7.11 Å². The normalized spacial score (nSPS) is 11.4. The molecule has 1 atom stereocenters. The van der Waals surface area contributed by atoms with E-state index >= 15 is 0 Å². The number of hydrogen-bond acceptors (Lipinski definition) is 3. The highest BCUT2D eigenvalue weighted by Crippen LogP contribution is 2.19. The zero-order valence-corrected chi connectivity index (χ0v) is 9.79.